The zero-order chi connectivity index (χ0) is 30.8. The zero-order valence-electron chi connectivity index (χ0n) is 26.1. The molecule has 8 nitrogen and oxygen atoms in total. The number of nitrogens with zero attached hydrogens (tertiary/aromatic N) is 3. The van der Waals surface area contributed by atoms with Crippen molar-refractivity contribution in [2.24, 2.45) is 17.8 Å². The quantitative estimate of drug-likeness (QED) is 0.260. The summed E-state index contributed by atoms with van der Waals surface area (Å²) in [6.45, 7) is 19.5. The van der Waals surface area contributed by atoms with E-state index in [1.54, 1.807) is 26.9 Å². The van der Waals surface area contributed by atoms with Gasteiger partial charge in [-0.25, -0.2) is 0 Å². The van der Waals surface area contributed by atoms with E-state index in [4.69, 9.17) is 4.74 Å². The van der Waals surface area contributed by atoms with Gasteiger partial charge in [0.05, 0.1) is 17.4 Å². The second-order valence-corrected chi connectivity index (χ2v) is 12.6. The summed E-state index contributed by atoms with van der Waals surface area (Å²) in [4.78, 5) is 48.9. The predicted molar refractivity (Wildman–Crippen MR) is 165 cm³/mol. The van der Waals surface area contributed by atoms with Gasteiger partial charge in [0.15, 0.2) is 0 Å². The molecule has 3 unspecified atom stereocenters. The number of benzene rings is 1. The number of hydrogen-bond donors (Lipinski definition) is 1. The lowest BCUT2D eigenvalue weighted by molar-refractivity contribution is -0.151. The molecule has 1 N–H and O–H groups in total. The smallest absolute Gasteiger partial charge is 0.253 e. The molecule has 3 saturated heterocycles. The van der Waals surface area contributed by atoms with E-state index in [9.17, 15) is 19.5 Å². The number of fused-ring (bicyclic) bond motifs is 1. The lowest BCUT2D eigenvalue weighted by atomic mass is 9.62. The fraction of sp³-hybridized carbons (Fsp3) is 0.618. The van der Waals surface area contributed by atoms with Crippen LogP contribution in [0.3, 0.4) is 0 Å². The van der Waals surface area contributed by atoms with Crippen LogP contribution >= 0.6 is 0 Å². The summed E-state index contributed by atoms with van der Waals surface area (Å²) in [5.41, 5.74) is 0.759. The lowest BCUT2D eigenvalue weighted by Gasteiger charge is -2.39. The highest BCUT2D eigenvalue weighted by molar-refractivity contribution is 6.05. The number of aryl methyl sites for hydroxylation is 2. The molecule has 6 atom stereocenters. The Bertz CT molecular complexity index is 1200. The second kappa shape index (κ2) is 12.7. The number of carbonyl (C=O) groups excluding carboxylic acids is 3. The van der Waals surface area contributed by atoms with Crippen molar-refractivity contribution in [3.63, 3.8) is 0 Å². The molecule has 8 heteroatoms. The van der Waals surface area contributed by atoms with Gasteiger partial charge in [0, 0.05) is 38.5 Å². The zero-order valence-corrected chi connectivity index (χ0v) is 26.1. The summed E-state index contributed by atoms with van der Waals surface area (Å²) in [5, 5.41) is 9.35. The van der Waals surface area contributed by atoms with E-state index in [0.29, 0.717) is 38.9 Å². The number of unbranched alkanes of at least 4 members (excludes halogenated alkanes) is 2. The van der Waals surface area contributed by atoms with Crippen LogP contribution in [-0.4, -0.2) is 82.7 Å². The van der Waals surface area contributed by atoms with E-state index in [1.165, 1.54) is 0 Å². The molecule has 3 aliphatic heterocycles. The van der Waals surface area contributed by atoms with Crippen molar-refractivity contribution in [1.82, 2.24) is 9.80 Å². The van der Waals surface area contributed by atoms with Gasteiger partial charge in [-0.1, -0.05) is 44.2 Å². The molecule has 0 saturated carbocycles. The Balaban J connectivity index is 1.84. The molecule has 42 heavy (non-hydrogen) atoms. The highest BCUT2D eigenvalue weighted by Crippen LogP contribution is 2.65. The van der Waals surface area contributed by atoms with Crippen molar-refractivity contribution in [1.29, 1.82) is 0 Å². The maximum atomic E-state index is 14.9. The maximum Gasteiger partial charge on any atom is 0.253 e. The summed E-state index contributed by atoms with van der Waals surface area (Å²) >= 11 is 0. The summed E-state index contributed by atoms with van der Waals surface area (Å²) in [6, 6.07) is 5.06. The van der Waals surface area contributed by atoms with Gasteiger partial charge in [-0.05, 0) is 69.9 Å². The number of hydrogen-bond acceptors (Lipinski definition) is 5. The Kier molecular flexibility index (Phi) is 9.68. The van der Waals surface area contributed by atoms with Crippen LogP contribution in [0.5, 0.6) is 0 Å². The number of aliphatic hydroxyl groups is 1. The number of likely N-dealkylation sites (tertiary alicyclic amines) is 1. The Morgan fingerprint density at radius 1 is 1.12 bits per heavy atom. The van der Waals surface area contributed by atoms with Crippen molar-refractivity contribution in [3.8, 4) is 0 Å². The van der Waals surface area contributed by atoms with E-state index < -0.39 is 29.1 Å². The molecule has 3 fully saturated rings. The standard InChI is InChI=1S/C34H49N3O5/c1-8-17-35(18-9-2)30(39)26-27-31(40)37(20-12-11-13-21-38)29(34(27)22-25(6)33(26,7)42-34)32(41)36(19-10-3)28-23(4)15-14-16-24(28)5/h8,10,14-16,25-27,29,38H,1,3,9,11-13,17-22H2,2,4-7H3/t25?,26-,27+,29?,33+,34?/m1/s1. The average molecular weight is 580 g/mol. The normalized spacial score (nSPS) is 29.5. The largest absolute Gasteiger partial charge is 0.396 e. The molecular formula is C34H49N3O5. The number of anilines is 1. The van der Waals surface area contributed by atoms with Crippen LogP contribution in [0, 0.1) is 31.6 Å². The third kappa shape index (κ3) is 5.11. The first-order valence-corrected chi connectivity index (χ1v) is 15.5. The van der Waals surface area contributed by atoms with Gasteiger partial charge in [-0.15, -0.1) is 13.2 Å². The van der Waals surface area contributed by atoms with Crippen molar-refractivity contribution >= 4 is 23.4 Å². The van der Waals surface area contributed by atoms with Gasteiger partial charge in [0.1, 0.15) is 11.6 Å². The van der Waals surface area contributed by atoms with Gasteiger partial charge in [0.25, 0.3) is 5.91 Å². The van der Waals surface area contributed by atoms with E-state index in [2.05, 4.69) is 20.1 Å². The molecule has 0 aromatic heterocycles. The number of aliphatic hydroxyl groups excluding tert-OH is 1. The van der Waals surface area contributed by atoms with E-state index in [-0.39, 0.29) is 36.8 Å². The van der Waals surface area contributed by atoms with Crippen molar-refractivity contribution in [2.75, 3.05) is 37.7 Å². The summed E-state index contributed by atoms with van der Waals surface area (Å²) in [7, 11) is 0. The number of rotatable bonds is 14. The molecule has 0 aliphatic carbocycles. The fourth-order valence-corrected chi connectivity index (χ4v) is 7.92. The number of amides is 3. The highest BCUT2D eigenvalue weighted by atomic mass is 16.5. The van der Waals surface area contributed by atoms with Crippen molar-refractivity contribution in [2.45, 2.75) is 84.0 Å². The molecule has 3 amide bonds. The van der Waals surface area contributed by atoms with Gasteiger partial charge in [0.2, 0.25) is 11.8 Å². The highest BCUT2D eigenvalue weighted by Gasteiger charge is 2.80. The minimum absolute atomic E-state index is 0.0274. The van der Waals surface area contributed by atoms with Crippen LogP contribution in [0.4, 0.5) is 5.69 Å². The first kappa shape index (κ1) is 32.0. The summed E-state index contributed by atoms with van der Waals surface area (Å²) < 4.78 is 6.96. The van der Waals surface area contributed by atoms with Crippen LogP contribution in [-0.2, 0) is 19.1 Å². The van der Waals surface area contributed by atoms with Crippen LogP contribution in [0.25, 0.3) is 0 Å². The van der Waals surface area contributed by atoms with E-state index in [1.807, 2.05) is 45.9 Å². The molecular weight excluding hydrogens is 530 g/mol. The van der Waals surface area contributed by atoms with Gasteiger partial charge < -0.3 is 24.5 Å². The number of carbonyl (C=O) groups is 3. The predicted octanol–water partition coefficient (Wildman–Crippen LogP) is 4.42. The van der Waals surface area contributed by atoms with Crippen LogP contribution in [0.15, 0.2) is 43.5 Å². The maximum absolute atomic E-state index is 14.9. The first-order valence-electron chi connectivity index (χ1n) is 15.5. The Labute approximate surface area is 251 Å². The molecule has 1 aromatic rings. The van der Waals surface area contributed by atoms with Gasteiger partial charge in [-0.2, -0.15) is 0 Å². The lowest BCUT2D eigenvalue weighted by Crippen LogP contribution is -2.57. The molecule has 3 aliphatic rings. The monoisotopic (exact) mass is 579 g/mol. The van der Waals surface area contributed by atoms with E-state index in [0.717, 1.165) is 29.7 Å². The molecule has 1 spiro atoms. The average Bonchev–Trinajstić information content (AvgIpc) is 3.46. The van der Waals surface area contributed by atoms with E-state index >= 15 is 0 Å². The molecule has 3 heterocycles. The number of para-hydroxylation sites is 1. The van der Waals surface area contributed by atoms with Crippen LogP contribution < -0.4 is 4.90 Å². The SMILES string of the molecule is C=CCN(CCC)C(=O)[C@H]1[C@H]2C(=O)N(CCCCCO)C(C(=O)N(CC=C)c3c(C)cccc3C)C23CC(C)[C@]1(C)O3. The molecule has 2 bridgehead atoms. The molecule has 1 aromatic carbocycles. The minimum atomic E-state index is -1.11. The van der Waals surface area contributed by atoms with Crippen LogP contribution in [0.2, 0.25) is 0 Å². The third-order valence-corrected chi connectivity index (χ3v) is 9.81. The topological polar surface area (TPSA) is 90.4 Å². The fourth-order valence-electron chi connectivity index (χ4n) is 7.92. The van der Waals surface area contributed by atoms with Gasteiger partial charge >= 0.3 is 0 Å². The van der Waals surface area contributed by atoms with Gasteiger partial charge in [-0.3, -0.25) is 14.4 Å². The Morgan fingerprint density at radius 2 is 1.79 bits per heavy atom. The summed E-state index contributed by atoms with van der Waals surface area (Å²) in [6.07, 6.45) is 6.74. The Morgan fingerprint density at radius 3 is 2.38 bits per heavy atom. The first-order chi connectivity index (χ1) is 20.0. The molecule has 4 rings (SSSR count). The van der Waals surface area contributed by atoms with Crippen molar-refractivity contribution < 1.29 is 24.2 Å². The molecule has 230 valence electrons. The Hall–Kier alpha value is -2.97. The minimum Gasteiger partial charge on any atom is -0.396 e. The van der Waals surface area contributed by atoms with Crippen molar-refractivity contribution in [3.05, 3.63) is 54.6 Å². The molecule has 0 radical (unpaired) electrons. The number of ether oxygens (including phenoxy) is 1. The third-order valence-electron chi connectivity index (χ3n) is 9.81. The summed E-state index contributed by atoms with van der Waals surface area (Å²) in [5.74, 6) is -1.94. The van der Waals surface area contributed by atoms with Crippen LogP contribution in [0.1, 0.15) is 64.0 Å². The second-order valence-electron chi connectivity index (χ2n) is 12.6.